The molecule has 1 aromatic carbocycles. The van der Waals surface area contributed by atoms with E-state index < -0.39 is 0 Å². The molecule has 1 heterocycles. The number of rotatable bonds is 1. The van der Waals surface area contributed by atoms with Crippen molar-refractivity contribution < 1.29 is 9.59 Å². The quantitative estimate of drug-likeness (QED) is 0.777. The monoisotopic (exact) mass is 233 g/mol. The third-order valence-corrected chi connectivity index (χ3v) is 2.81. The van der Waals surface area contributed by atoms with Crippen LogP contribution in [0.5, 0.6) is 0 Å². The molecule has 2 N–H and O–H groups in total. The van der Waals surface area contributed by atoms with E-state index in [1.54, 1.807) is 0 Å². The summed E-state index contributed by atoms with van der Waals surface area (Å²) in [5.74, 6) is 0. The molecular weight excluding hydrogens is 218 g/mol. The highest BCUT2D eigenvalue weighted by molar-refractivity contribution is 6.02. The van der Waals surface area contributed by atoms with E-state index in [1.165, 1.54) is 4.90 Å². The van der Waals surface area contributed by atoms with E-state index in [9.17, 15) is 9.59 Å². The Balaban J connectivity index is 2.16. The molecule has 0 bridgehead atoms. The maximum absolute atomic E-state index is 11.9. The number of urea groups is 2. The Morgan fingerprint density at radius 3 is 2.53 bits per heavy atom. The largest absolute Gasteiger partial charge is 0.336 e. The number of nitrogens with zero attached hydrogens (tertiary/aromatic N) is 1. The van der Waals surface area contributed by atoms with Gasteiger partial charge in [0.1, 0.15) is 0 Å². The van der Waals surface area contributed by atoms with Crippen LogP contribution in [0, 0.1) is 13.8 Å². The van der Waals surface area contributed by atoms with Gasteiger partial charge in [-0.05, 0) is 25.0 Å². The minimum Gasteiger partial charge on any atom is -0.336 e. The summed E-state index contributed by atoms with van der Waals surface area (Å²) in [5.41, 5.74) is 2.74. The van der Waals surface area contributed by atoms with Gasteiger partial charge in [0.05, 0.1) is 0 Å². The van der Waals surface area contributed by atoms with E-state index >= 15 is 0 Å². The van der Waals surface area contributed by atoms with Gasteiger partial charge < -0.3 is 10.6 Å². The zero-order chi connectivity index (χ0) is 12.4. The highest BCUT2D eigenvalue weighted by atomic mass is 16.2. The topological polar surface area (TPSA) is 61.4 Å². The maximum atomic E-state index is 11.9. The number of nitrogens with one attached hydrogen (secondary N) is 2. The fourth-order valence-corrected chi connectivity index (χ4v) is 1.85. The van der Waals surface area contributed by atoms with Gasteiger partial charge in [0, 0.05) is 18.8 Å². The molecule has 5 nitrogen and oxygen atoms in total. The molecule has 2 rings (SSSR count). The molecule has 1 aliphatic rings. The smallest absolute Gasteiger partial charge is 0.330 e. The molecule has 5 heteroatoms. The Morgan fingerprint density at radius 1 is 1.35 bits per heavy atom. The van der Waals surface area contributed by atoms with Gasteiger partial charge in [0.25, 0.3) is 0 Å². The second kappa shape index (κ2) is 4.45. The fraction of sp³-hybridized carbons (Fsp3) is 0.333. The van der Waals surface area contributed by atoms with Gasteiger partial charge in [0.2, 0.25) is 0 Å². The maximum Gasteiger partial charge on any atom is 0.330 e. The van der Waals surface area contributed by atoms with Crippen molar-refractivity contribution >= 4 is 17.7 Å². The van der Waals surface area contributed by atoms with E-state index in [0.29, 0.717) is 13.1 Å². The predicted octanol–water partition coefficient (Wildman–Crippen LogP) is 1.86. The normalized spacial score (nSPS) is 14.7. The van der Waals surface area contributed by atoms with Crippen LogP contribution in [0.25, 0.3) is 0 Å². The van der Waals surface area contributed by atoms with Crippen LogP contribution in [0.2, 0.25) is 0 Å². The second-order valence-electron chi connectivity index (χ2n) is 4.08. The van der Waals surface area contributed by atoms with Crippen molar-refractivity contribution in [2.24, 2.45) is 0 Å². The van der Waals surface area contributed by atoms with Crippen molar-refractivity contribution in [2.45, 2.75) is 13.8 Å². The van der Waals surface area contributed by atoms with Crippen molar-refractivity contribution in [3.63, 3.8) is 0 Å². The number of carbonyl (C=O) groups excluding carboxylic acids is 2. The number of anilines is 1. The van der Waals surface area contributed by atoms with Crippen molar-refractivity contribution in [3.8, 4) is 0 Å². The predicted molar refractivity (Wildman–Crippen MR) is 65.0 cm³/mol. The fourth-order valence-electron chi connectivity index (χ4n) is 1.85. The summed E-state index contributed by atoms with van der Waals surface area (Å²) in [6.45, 7) is 4.77. The summed E-state index contributed by atoms with van der Waals surface area (Å²) in [6.07, 6.45) is 0. The average Bonchev–Trinajstić information content (AvgIpc) is 2.70. The molecule has 0 aliphatic carbocycles. The molecule has 0 unspecified atom stereocenters. The number of hydrogen-bond acceptors (Lipinski definition) is 2. The number of carbonyl (C=O) groups is 2. The minimum atomic E-state index is -0.377. The van der Waals surface area contributed by atoms with Gasteiger partial charge in [-0.3, -0.25) is 0 Å². The van der Waals surface area contributed by atoms with Gasteiger partial charge in [-0.25, -0.2) is 14.5 Å². The molecule has 0 aromatic heterocycles. The van der Waals surface area contributed by atoms with Crippen molar-refractivity contribution in [1.29, 1.82) is 0 Å². The zero-order valence-corrected chi connectivity index (χ0v) is 9.91. The lowest BCUT2D eigenvalue weighted by Gasteiger charge is -2.16. The molecule has 1 aromatic rings. The van der Waals surface area contributed by atoms with Crippen LogP contribution in [0.15, 0.2) is 18.2 Å². The Kier molecular flexibility index (Phi) is 2.99. The Bertz CT molecular complexity index is 451. The summed E-state index contributed by atoms with van der Waals surface area (Å²) >= 11 is 0. The minimum absolute atomic E-state index is 0.339. The molecule has 0 radical (unpaired) electrons. The zero-order valence-electron chi connectivity index (χ0n) is 9.91. The molecule has 0 spiro atoms. The Morgan fingerprint density at radius 2 is 2.00 bits per heavy atom. The highest BCUT2D eigenvalue weighted by Crippen LogP contribution is 2.20. The van der Waals surface area contributed by atoms with Crippen molar-refractivity contribution in [2.75, 3.05) is 18.4 Å². The molecule has 17 heavy (non-hydrogen) atoms. The van der Waals surface area contributed by atoms with Crippen LogP contribution < -0.4 is 10.6 Å². The molecular formula is C12H15N3O2. The third kappa shape index (κ3) is 2.22. The molecule has 1 saturated heterocycles. The lowest BCUT2D eigenvalue weighted by atomic mass is 10.1. The highest BCUT2D eigenvalue weighted by Gasteiger charge is 2.26. The molecule has 90 valence electrons. The van der Waals surface area contributed by atoms with E-state index in [0.717, 1.165) is 16.8 Å². The first kappa shape index (κ1) is 11.4. The van der Waals surface area contributed by atoms with E-state index in [2.05, 4.69) is 10.6 Å². The van der Waals surface area contributed by atoms with Crippen LogP contribution in [-0.4, -0.2) is 30.1 Å². The van der Waals surface area contributed by atoms with Crippen molar-refractivity contribution in [3.05, 3.63) is 29.3 Å². The Hall–Kier alpha value is -2.04. The Labute approximate surface area is 99.8 Å². The van der Waals surface area contributed by atoms with Crippen LogP contribution in [0.1, 0.15) is 11.1 Å². The molecule has 0 atom stereocenters. The number of amides is 4. The van der Waals surface area contributed by atoms with Gasteiger partial charge in [0.15, 0.2) is 0 Å². The molecule has 1 aliphatic heterocycles. The lowest BCUT2D eigenvalue weighted by molar-refractivity contribution is 0.207. The van der Waals surface area contributed by atoms with Gasteiger partial charge in [-0.1, -0.05) is 18.2 Å². The molecule has 1 fully saturated rings. The SMILES string of the molecule is Cc1cccc(C)c1NC(=O)N1CCNC1=O. The summed E-state index contributed by atoms with van der Waals surface area (Å²) in [7, 11) is 0. The first-order valence-electron chi connectivity index (χ1n) is 5.52. The van der Waals surface area contributed by atoms with Gasteiger partial charge in [-0.15, -0.1) is 0 Å². The summed E-state index contributed by atoms with van der Waals surface area (Å²) in [6, 6.07) is 5.06. The number of para-hydroxylation sites is 1. The average molecular weight is 233 g/mol. The molecule has 4 amide bonds. The standard InChI is InChI=1S/C12H15N3O2/c1-8-4-3-5-9(2)10(8)14-12(17)15-7-6-13-11(15)16/h3-5H,6-7H2,1-2H3,(H,13,16)(H,14,17). The van der Waals surface area contributed by atoms with Crippen molar-refractivity contribution in [1.82, 2.24) is 10.2 Å². The van der Waals surface area contributed by atoms with Crippen LogP contribution in [-0.2, 0) is 0 Å². The van der Waals surface area contributed by atoms with Crippen LogP contribution in [0.3, 0.4) is 0 Å². The summed E-state index contributed by atoms with van der Waals surface area (Å²) < 4.78 is 0. The van der Waals surface area contributed by atoms with E-state index in [-0.39, 0.29) is 12.1 Å². The van der Waals surface area contributed by atoms with Crippen LogP contribution >= 0.6 is 0 Å². The first-order chi connectivity index (χ1) is 8.09. The van der Waals surface area contributed by atoms with Gasteiger partial charge in [-0.2, -0.15) is 0 Å². The molecule has 0 saturated carbocycles. The number of benzene rings is 1. The number of hydrogen-bond donors (Lipinski definition) is 2. The van der Waals surface area contributed by atoms with Gasteiger partial charge >= 0.3 is 12.1 Å². The van der Waals surface area contributed by atoms with E-state index in [4.69, 9.17) is 0 Å². The number of aryl methyl sites for hydroxylation is 2. The lowest BCUT2D eigenvalue weighted by Crippen LogP contribution is -2.37. The summed E-state index contributed by atoms with van der Waals surface area (Å²) in [4.78, 5) is 24.4. The first-order valence-corrected chi connectivity index (χ1v) is 5.52. The summed E-state index contributed by atoms with van der Waals surface area (Å²) in [5, 5.41) is 5.37. The van der Waals surface area contributed by atoms with E-state index in [1.807, 2.05) is 32.0 Å². The third-order valence-electron chi connectivity index (χ3n) is 2.81. The second-order valence-corrected chi connectivity index (χ2v) is 4.08. The van der Waals surface area contributed by atoms with Crippen LogP contribution in [0.4, 0.5) is 15.3 Å². The number of imide groups is 1.